The number of alkyl halides is 1. The molecule has 0 aromatic heterocycles. The smallest absolute Gasteiger partial charge is 0.192 e. The van der Waals surface area contributed by atoms with Crippen molar-refractivity contribution in [1.82, 2.24) is 0 Å². The van der Waals surface area contributed by atoms with Gasteiger partial charge in [-0.3, -0.25) is 0 Å². The maximum Gasteiger partial charge on any atom is 0.192 e. The molecule has 10 heteroatoms. The van der Waals surface area contributed by atoms with Crippen molar-refractivity contribution in [2.45, 2.75) is 75.9 Å². The van der Waals surface area contributed by atoms with Gasteiger partial charge in [0.05, 0.1) is 39.6 Å². The molecule has 2 aliphatic rings. The summed E-state index contributed by atoms with van der Waals surface area (Å²) in [7, 11) is -2.24. The molecular weight excluding hydrogens is 492 g/mol. The fraction of sp³-hybridized carbons (Fsp3) is 0.760. The molecule has 2 heterocycles. The second-order valence-corrected chi connectivity index (χ2v) is 15.5. The first-order chi connectivity index (χ1) is 16.6. The molecule has 0 bridgehead atoms. The van der Waals surface area contributed by atoms with Crippen LogP contribution in [0.2, 0.25) is 18.1 Å². The lowest BCUT2D eigenvalue weighted by molar-refractivity contribution is -0.359. The van der Waals surface area contributed by atoms with Crippen LogP contribution in [0, 0.1) is 0 Å². The van der Waals surface area contributed by atoms with Gasteiger partial charge in [-0.15, -0.1) is 11.6 Å². The third-order valence-electron chi connectivity index (χ3n) is 6.72. The standard InChI is InChI=1S/C25H41ClO8Si/c1-25(2,3)35(4,5)34-22-20(27)24(30-16-15-29-14-13-28-12-11-26)32-19-17-31-23(33-21(19)22)18-9-7-6-8-10-18/h6-10,19-24,27H,11-17H2,1-5H3/t19-,20+,21-,22-,23?,24+/m1/s1. The topological polar surface area (TPSA) is 84.8 Å². The fourth-order valence-electron chi connectivity index (χ4n) is 3.73. The van der Waals surface area contributed by atoms with E-state index in [1.807, 2.05) is 30.3 Å². The summed E-state index contributed by atoms with van der Waals surface area (Å²) in [5.41, 5.74) is 0.914. The van der Waals surface area contributed by atoms with Crippen molar-refractivity contribution in [3.8, 4) is 0 Å². The second kappa shape index (κ2) is 13.3. The molecule has 1 unspecified atom stereocenters. The molecular formula is C25H41ClO8Si. The van der Waals surface area contributed by atoms with Gasteiger partial charge < -0.3 is 38.0 Å². The maximum absolute atomic E-state index is 11.3. The molecule has 200 valence electrons. The summed E-state index contributed by atoms with van der Waals surface area (Å²) in [5.74, 6) is 0.458. The average molecular weight is 533 g/mol. The summed E-state index contributed by atoms with van der Waals surface area (Å²) in [6, 6.07) is 9.76. The molecule has 1 N–H and O–H groups in total. The Bertz CT molecular complexity index is 747. The molecule has 6 atom stereocenters. The van der Waals surface area contributed by atoms with Gasteiger partial charge in [0.25, 0.3) is 0 Å². The number of hydrogen-bond donors (Lipinski definition) is 1. The van der Waals surface area contributed by atoms with Crippen LogP contribution in [0.1, 0.15) is 32.6 Å². The highest BCUT2D eigenvalue weighted by molar-refractivity contribution is 6.74. The highest BCUT2D eigenvalue weighted by atomic mass is 35.5. The zero-order chi connectivity index (χ0) is 25.5. The average Bonchev–Trinajstić information content (AvgIpc) is 2.82. The predicted octanol–water partition coefficient (Wildman–Crippen LogP) is 3.87. The molecule has 0 aliphatic carbocycles. The van der Waals surface area contributed by atoms with Gasteiger partial charge in [0.15, 0.2) is 20.9 Å². The van der Waals surface area contributed by atoms with Gasteiger partial charge in [-0.1, -0.05) is 51.1 Å². The normalized spacial score (nSPS) is 29.7. The lowest BCUT2D eigenvalue weighted by Gasteiger charge is -2.51. The van der Waals surface area contributed by atoms with Gasteiger partial charge in [-0.2, -0.15) is 0 Å². The van der Waals surface area contributed by atoms with E-state index >= 15 is 0 Å². The summed E-state index contributed by atoms with van der Waals surface area (Å²) >= 11 is 5.58. The number of aliphatic hydroxyl groups is 1. The molecule has 8 nitrogen and oxygen atoms in total. The molecule has 2 aliphatic heterocycles. The highest BCUT2D eigenvalue weighted by Crippen LogP contribution is 2.42. The fourth-order valence-corrected chi connectivity index (χ4v) is 5.15. The molecule has 2 fully saturated rings. The third-order valence-corrected chi connectivity index (χ3v) is 11.3. The summed E-state index contributed by atoms with van der Waals surface area (Å²) in [4.78, 5) is 0. The lowest BCUT2D eigenvalue weighted by atomic mass is 9.98. The van der Waals surface area contributed by atoms with Crippen LogP contribution in [0.25, 0.3) is 0 Å². The zero-order valence-electron chi connectivity index (χ0n) is 21.5. The van der Waals surface area contributed by atoms with Crippen molar-refractivity contribution in [2.24, 2.45) is 0 Å². The largest absolute Gasteiger partial charge is 0.408 e. The minimum atomic E-state index is -2.24. The van der Waals surface area contributed by atoms with E-state index in [2.05, 4.69) is 33.9 Å². The van der Waals surface area contributed by atoms with Crippen LogP contribution in [0.5, 0.6) is 0 Å². The Kier molecular flexibility index (Phi) is 11.0. The molecule has 1 aromatic rings. The molecule has 1 aromatic carbocycles. The number of benzene rings is 1. The Morgan fingerprint density at radius 1 is 1.00 bits per heavy atom. The number of halogens is 1. The molecule has 3 rings (SSSR count). The minimum absolute atomic E-state index is 0.0414. The van der Waals surface area contributed by atoms with Crippen LogP contribution >= 0.6 is 11.6 Å². The number of rotatable bonds is 12. The van der Waals surface area contributed by atoms with Crippen LogP contribution in [0.4, 0.5) is 0 Å². The van der Waals surface area contributed by atoms with Crippen molar-refractivity contribution < 1.29 is 38.0 Å². The summed E-state index contributed by atoms with van der Waals surface area (Å²) in [6.07, 6.45) is -3.98. The van der Waals surface area contributed by atoms with E-state index in [1.165, 1.54) is 0 Å². The second-order valence-electron chi connectivity index (χ2n) is 10.3. The van der Waals surface area contributed by atoms with E-state index < -0.39 is 45.3 Å². The maximum atomic E-state index is 11.3. The molecule has 2 saturated heterocycles. The van der Waals surface area contributed by atoms with Crippen molar-refractivity contribution in [2.75, 3.05) is 45.5 Å². The SMILES string of the molecule is CC(C)(C)[Si](C)(C)O[C@@H]1[C@H](O)[C@@H](OCCOCCOCCCl)O[C@@H]2COC(c3ccccc3)O[C@@H]12. The van der Waals surface area contributed by atoms with Crippen LogP contribution in [-0.2, 0) is 32.8 Å². The first-order valence-corrected chi connectivity index (χ1v) is 15.7. The Labute approximate surface area is 215 Å². The van der Waals surface area contributed by atoms with E-state index in [0.717, 1.165) is 5.56 Å². The van der Waals surface area contributed by atoms with E-state index in [4.69, 9.17) is 44.4 Å². The van der Waals surface area contributed by atoms with Crippen molar-refractivity contribution in [1.29, 1.82) is 0 Å². The Morgan fingerprint density at radius 2 is 1.66 bits per heavy atom. The Morgan fingerprint density at radius 3 is 2.31 bits per heavy atom. The molecule has 0 saturated carbocycles. The van der Waals surface area contributed by atoms with Crippen LogP contribution in [0.15, 0.2) is 30.3 Å². The van der Waals surface area contributed by atoms with Gasteiger partial charge in [0, 0.05) is 11.4 Å². The number of hydrogen-bond acceptors (Lipinski definition) is 8. The third kappa shape index (κ3) is 7.94. The predicted molar refractivity (Wildman–Crippen MR) is 135 cm³/mol. The summed E-state index contributed by atoms with van der Waals surface area (Å²) in [5, 5.41) is 11.3. The van der Waals surface area contributed by atoms with Crippen molar-refractivity contribution in [3.05, 3.63) is 35.9 Å². The minimum Gasteiger partial charge on any atom is -0.408 e. The van der Waals surface area contributed by atoms with Gasteiger partial charge in [0.2, 0.25) is 0 Å². The van der Waals surface area contributed by atoms with E-state index in [-0.39, 0.29) is 11.6 Å². The first kappa shape index (κ1) is 29.0. The Balaban J connectivity index is 1.65. The molecule has 0 amide bonds. The monoisotopic (exact) mass is 532 g/mol. The number of fused-ring (bicyclic) bond motifs is 1. The van der Waals surface area contributed by atoms with Crippen molar-refractivity contribution in [3.63, 3.8) is 0 Å². The van der Waals surface area contributed by atoms with Crippen molar-refractivity contribution >= 4 is 19.9 Å². The molecule has 35 heavy (non-hydrogen) atoms. The van der Waals surface area contributed by atoms with E-state index in [9.17, 15) is 5.11 Å². The molecule has 0 radical (unpaired) electrons. The highest BCUT2D eigenvalue weighted by Gasteiger charge is 2.53. The number of aliphatic hydroxyl groups excluding tert-OH is 1. The van der Waals surface area contributed by atoms with Gasteiger partial charge >= 0.3 is 0 Å². The van der Waals surface area contributed by atoms with Crippen LogP contribution < -0.4 is 0 Å². The zero-order valence-corrected chi connectivity index (χ0v) is 23.2. The lowest BCUT2D eigenvalue weighted by Crippen LogP contribution is -2.65. The quantitative estimate of drug-likeness (QED) is 0.247. The Hall–Kier alpha value is -0.593. The van der Waals surface area contributed by atoms with Gasteiger partial charge in [-0.05, 0) is 18.1 Å². The first-order valence-electron chi connectivity index (χ1n) is 12.3. The summed E-state index contributed by atoms with van der Waals surface area (Å²) in [6.45, 7) is 13.2. The van der Waals surface area contributed by atoms with E-state index in [0.29, 0.717) is 38.9 Å². The van der Waals surface area contributed by atoms with Crippen LogP contribution in [-0.4, -0.2) is 89.7 Å². The number of ether oxygens (including phenoxy) is 6. The van der Waals surface area contributed by atoms with Crippen LogP contribution in [0.3, 0.4) is 0 Å². The van der Waals surface area contributed by atoms with Gasteiger partial charge in [0.1, 0.15) is 24.4 Å². The molecule has 0 spiro atoms. The van der Waals surface area contributed by atoms with Gasteiger partial charge in [-0.25, -0.2) is 0 Å². The van der Waals surface area contributed by atoms with E-state index in [1.54, 1.807) is 0 Å². The summed E-state index contributed by atoms with van der Waals surface area (Å²) < 4.78 is 41.8.